The van der Waals surface area contributed by atoms with Crippen LogP contribution in [0.15, 0.2) is 23.5 Å². The minimum absolute atomic E-state index is 0.352. The molecule has 0 aliphatic carbocycles. The average Bonchev–Trinajstić information content (AvgIpc) is 2.78. The predicted octanol–water partition coefficient (Wildman–Crippen LogP) is 2.66. The molecule has 0 amide bonds. The van der Waals surface area contributed by atoms with Gasteiger partial charge in [0.1, 0.15) is 6.33 Å². The summed E-state index contributed by atoms with van der Waals surface area (Å²) in [5.41, 5.74) is 4.63. The zero-order valence-corrected chi connectivity index (χ0v) is 12.7. The van der Waals surface area contributed by atoms with Crippen molar-refractivity contribution in [3.63, 3.8) is 0 Å². The molecule has 0 radical (unpaired) electrons. The summed E-state index contributed by atoms with van der Waals surface area (Å²) in [5, 5.41) is 0. The third-order valence-electron chi connectivity index (χ3n) is 3.68. The summed E-state index contributed by atoms with van der Waals surface area (Å²) in [6.07, 6.45) is 2.87. The predicted molar refractivity (Wildman–Crippen MR) is 74.9 cm³/mol. The summed E-state index contributed by atoms with van der Waals surface area (Å²) in [6.45, 7) is 9.51. The van der Waals surface area contributed by atoms with Crippen LogP contribution >= 0.6 is 0 Å². The Balaban J connectivity index is 2.72. The fourth-order valence-electron chi connectivity index (χ4n) is 2.09. The van der Waals surface area contributed by atoms with E-state index in [9.17, 15) is 8.42 Å². The Morgan fingerprint density at radius 3 is 2.16 bits per heavy atom. The first-order chi connectivity index (χ1) is 8.75. The molecule has 19 heavy (non-hydrogen) atoms. The quantitative estimate of drug-likeness (QED) is 0.848. The molecule has 5 heteroatoms. The Bertz CT molecular complexity index is 743. The molecule has 0 fully saturated rings. The summed E-state index contributed by atoms with van der Waals surface area (Å²) in [7, 11) is -3.56. The number of imidazole rings is 1. The molecule has 4 nitrogen and oxygen atoms in total. The van der Waals surface area contributed by atoms with Gasteiger partial charge in [0.2, 0.25) is 0 Å². The Hall–Kier alpha value is -1.62. The Kier molecular flexibility index (Phi) is 3.26. The third-order valence-corrected chi connectivity index (χ3v) is 5.41. The van der Waals surface area contributed by atoms with E-state index < -0.39 is 10.0 Å². The largest absolute Gasteiger partial charge is 0.269 e. The first-order valence-corrected chi connectivity index (χ1v) is 7.52. The van der Waals surface area contributed by atoms with E-state index in [-0.39, 0.29) is 0 Å². The van der Waals surface area contributed by atoms with Gasteiger partial charge < -0.3 is 0 Å². The van der Waals surface area contributed by atoms with Crippen LogP contribution in [0.1, 0.15) is 27.9 Å². The van der Waals surface area contributed by atoms with Crippen molar-refractivity contribution in [1.29, 1.82) is 0 Å². The zero-order chi connectivity index (χ0) is 14.4. The lowest BCUT2D eigenvalue weighted by molar-refractivity contribution is 0.586. The molecule has 1 heterocycles. The highest BCUT2D eigenvalue weighted by Crippen LogP contribution is 2.26. The van der Waals surface area contributed by atoms with Gasteiger partial charge in [0.25, 0.3) is 10.0 Å². The van der Waals surface area contributed by atoms with Crippen molar-refractivity contribution in [2.75, 3.05) is 0 Å². The average molecular weight is 278 g/mol. The maximum atomic E-state index is 12.6. The van der Waals surface area contributed by atoms with E-state index in [1.165, 1.54) is 16.5 Å². The van der Waals surface area contributed by atoms with Gasteiger partial charge in [-0.2, -0.15) is 0 Å². The van der Waals surface area contributed by atoms with Gasteiger partial charge in [-0.15, -0.1) is 0 Å². The van der Waals surface area contributed by atoms with Gasteiger partial charge in [-0.05, 0) is 62.9 Å². The maximum absolute atomic E-state index is 12.6. The molecule has 0 aliphatic rings. The van der Waals surface area contributed by atoms with Crippen molar-refractivity contribution in [2.24, 2.45) is 0 Å². The summed E-state index contributed by atoms with van der Waals surface area (Å²) in [5.74, 6) is 0. The number of aromatic nitrogens is 2. The molecular weight excluding hydrogens is 260 g/mol. The highest BCUT2D eigenvalue weighted by atomic mass is 32.2. The van der Waals surface area contributed by atoms with Crippen LogP contribution in [-0.2, 0) is 10.0 Å². The highest BCUT2D eigenvalue weighted by Gasteiger charge is 2.21. The van der Waals surface area contributed by atoms with Crippen molar-refractivity contribution in [3.05, 3.63) is 46.5 Å². The van der Waals surface area contributed by atoms with Crippen molar-refractivity contribution >= 4 is 10.0 Å². The van der Waals surface area contributed by atoms with Crippen LogP contribution in [0.4, 0.5) is 0 Å². The Morgan fingerprint density at radius 1 is 1.00 bits per heavy atom. The second-order valence-electron chi connectivity index (χ2n) is 4.92. The molecule has 1 aromatic carbocycles. The maximum Gasteiger partial charge on any atom is 0.269 e. The summed E-state index contributed by atoms with van der Waals surface area (Å²) < 4.78 is 26.4. The summed E-state index contributed by atoms with van der Waals surface area (Å²) in [4.78, 5) is 4.34. The van der Waals surface area contributed by atoms with Crippen molar-refractivity contribution in [2.45, 2.75) is 39.5 Å². The molecule has 0 saturated heterocycles. The molecule has 0 aliphatic heterocycles. The summed E-state index contributed by atoms with van der Waals surface area (Å²) in [6, 6.07) is 1.74. The van der Waals surface area contributed by atoms with Crippen molar-refractivity contribution in [3.8, 4) is 0 Å². The number of hydrogen-bond acceptors (Lipinski definition) is 3. The lowest BCUT2D eigenvalue weighted by Crippen LogP contribution is -2.14. The van der Waals surface area contributed by atoms with E-state index in [0.717, 1.165) is 22.3 Å². The number of nitrogens with zero attached hydrogens (tertiary/aromatic N) is 2. The molecule has 0 saturated carbocycles. The minimum Gasteiger partial charge on any atom is -0.241 e. The van der Waals surface area contributed by atoms with Gasteiger partial charge in [-0.25, -0.2) is 17.4 Å². The lowest BCUT2D eigenvalue weighted by Gasteiger charge is -2.14. The van der Waals surface area contributed by atoms with E-state index in [0.29, 0.717) is 10.6 Å². The number of aryl methyl sites for hydroxylation is 2. The van der Waals surface area contributed by atoms with Crippen molar-refractivity contribution in [1.82, 2.24) is 8.96 Å². The molecule has 0 unspecified atom stereocenters. The fourth-order valence-corrected chi connectivity index (χ4v) is 3.64. The Morgan fingerprint density at radius 2 is 1.63 bits per heavy atom. The number of benzene rings is 1. The van der Waals surface area contributed by atoms with Gasteiger partial charge >= 0.3 is 0 Å². The van der Waals surface area contributed by atoms with Crippen LogP contribution in [0.2, 0.25) is 0 Å². The standard InChI is InChI=1S/C14H18N2O2S/c1-9-6-14(13(5)12(4)11(9)3)19(17,18)16-7-10(2)15-8-16/h6-8H,1-5H3. The van der Waals surface area contributed by atoms with Crippen LogP contribution in [0.3, 0.4) is 0 Å². The topological polar surface area (TPSA) is 52.0 Å². The fraction of sp³-hybridized carbons (Fsp3) is 0.357. The molecule has 0 N–H and O–H groups in total. The smallest absolute Gasteiger partial charge is 0.241 e. The third kappa shape index (κ3) is 2.18. The normalized spacial score (nSPS) is 11.8. The van der Waals surface area contributed by atoms with Gasteiger partial charge in [0.15, 0.2) is 0 Å². The van der Waals surface area contributed by atoms with Crippen LogP contribution in [0.5, 0.6) is 0 Å². The zero-order valence-electron chi connectivity index (χ0n) is 11.9. The molecule has 102 valence electrons. The van der Waals surface area contributed by atoms with Gasteiger partial charge in [-0.1, -0.05) is 0 Å². The number of rotatable bonds is 2. The van der Waals surface area contributed by atoms with E-state index >= 15 is 0 Å². The summed E-state index contributed by atoms with van der Waals surface area (Å²) >= 11 is 0. The van der Waals surface area contributed by atoms with E-state index in [1.807, 2.05) is 27.7 Å². The first-order valence-electron chi connectivity index (χ1n) is 6.08. The van der Waals surface area contributed by atoms with Gasteiger partial charge in [0.05, 0.1) is 10.6 Å². The van der Waals surface area contributed by atoms with E-state index in [1.54, 1.807) is 13.0 Å². The monoisotopic (exact) mass is 278 g/mol. The SMILES string of the molecule is Cc1cn(S(=O)(=O)c2cc(C)c(C)c(C)c2C)cn1. The molecular formula is C14H18N2O2S. The Labute approximate surface area is 114 Å². The molecule has 0 spiro atoms. The van der Waals surface area contributed by atoms with Crippen LogP contribution < -0.4 is 0 Å². The molecule has 2 rings (SSSR count). The molecule has 1 aromatic heterocycles. The second-order valence-corrected chi connectivity index (χ2v) is 6.73. The minimum atomic E-state index is -3.56. The van der Waals surface area contributed by atoms with Crippen LogP contribution in [-0.4, -0.2) is 17.4 Å². The molecule has 2 aromatic rings. The van der Waals surface area contributed by atoms with Gasteiger partial charge in [0, 0.05) is 6.20 Å². The lowest BCUT2D eigenvalue weighted by atomic mass is 10.00. The number of hydrogen-bond donors (Lipinski definition) is 0. The molecule has 0 bridgehead atoms. The van der Waals surface area contributed by atoms with Crippen LogP contribution in [0.25, 0.3) is 0 Å². The van der Waals surface area contributed by atoms with Gasteiger partial charge in [-0.3, -0.25) is 0 Å². The van der Waals surface area contributed by atoms with Crippen LogP contribution in [0, 0.1) is 34.6 Å². The first kappa shape index (κ1) is 13.8. The van der Waals surface area contributed by atoms with E-state index in [2.05, 4.69) is 4.98 Å². The molecule has 0 atom stereocenters. The second kappa shape index (κ2) is 4.49. The van der Waals surface area contributed by atoms with Crippen molar-refractivity contribution < 1.29 is 8.42 Å². The van der Waals surface area contributed by atoms with E-state index in [4.69, 9.17) is 0 Å². The highest BCUT2D eigenvalue weighted by molar-refractivity contribution is 7.90.